The summed E-state index contributed by atoms with van der Waals surface area (Å²) < 4.78 is 1.86. The van der Waals surface area contributed by atoms with Crippen molar-refractivity contribution >= 4 is 0 Å². The first-order valence-electron chi connectivity index (χ1n) is 6.26. The summed E-state index contributed by atoms with van der Waals surface area (Å²) in [5.41, 5.74) is 2.17. The van der Waals surface area contributed by atoms with Crippen LogP contribution in [0.15, 0.2) is 42.7 Å². The van der Waals surface area contributed by atoms with Gasteiger partial charge in [-0.2, -0.15) is 5.10 Å². The molecule has 1 heterocycles. The molecule has 96 valence electrons. The lowest BCUT2D eigenvalue weighted by Crippen LogP contribution is -2.31. The number of rotatable bonds is 6. The van der Waals surface area contributed by atoms with Crippen LogP contribution in [0.5, 0.6) is 0 Å². The second-order valence-corrected chi connectivity index (χ2v) is 4.30. The molecule has 0 bridgehead atoms. The fourth-order valence-corrected chi connectivity index (χ4v) is 1.77. The predicted octanol–water partition coefficient (Wildman–Crippen LogP) is 1.73. The number of aliphatic hydroxyl groups is 1. The smallest absolute Gasteiger partial charge is 0.0645 e. The van der Waals surface area contributed by atoms with E-state index in [2.05, 4.69) is 17.3 Å². The topological polar surface area (TPSA) is 50.1 Å². The molecule has 2 rings (SSSR count). The highest BCUT2D eigenvalue weighted by Gasteiger charge is 2.05. The van der Waals surface area contributed by atoms with E-state index in [1.54, 1.807) is 0 Å². The van der Waals surface area contributed by atoms with Crippen molar-refractivity contribution in [3.63, 3.8) is 0 Å². The zero-order chi connectivity index (χ0) is 12.8. The third-order valence-electron chi connectivity index (χ3n) is 2.96. The van der Waals surface area contributed by atoms with Crippen LogP contribution in [0, 0.1) is 0 Å². The highest BCUT2D eigenvalue weighted by atomic mass is 16.3. The van der Waals surface area contributed by atoms with E-state index < -0.39 is 0 Å². The minimum absolute atomic E-state index is 0.157. The van der Waals surface area contributed by atoms with E-state index in [1.165, 1.54) is 0 Å². The number of aliphatic hydroxyl groups excluding tert-OH is 1. The van der Waals surface area contributed by atoms with Crippen LogP contribution in [0.2, 0.25) is 0 Å². The minimum atomic E-state index is 0.157. The van der Waals surface area contributed by atoms with Gasteiger partial charge in [-0.05, 0) is 18.6 Å². The van der Waals surface area contributed by atoms with Crippen LogP contribution in [0.4, 0.5) is 0 Å². The third kappa shape index (κ3) is 3.18. The molecule has 4 heteroatoms. The van der Waals surface area contributed by atoms with Crippen molar-refractivity contribution in [3.05, 3.63) is 48.3 Å². The van der Waals surface area contributed by atoms with Gasteiger partial charge in [0.25, 0.3) is 0 Å². The summed E-state index contributed by atoms with van der Waals surface area (Å²) in [4.78, 5) is 0. The molecule has 0 unspecified atom stereocenters. The number of hydrogen-bond acceptors (Lipinski definition) is 3. The van der Waals surface area contributed by atoms with Gasteiger partial charge in [0.1, 0.15) is 0 Å². The standard InChI is InChI=1S/C14H19N3O/c1-2-13(11-18)15-8-12-9-16-17(10-12)14-6-4-3-5-7-14/h3-7,9-10,13,15,18H,2,8,11H2,1H3/t13-/m0/s1. The summed E-state index contributed by atoms with van der Waals surface area (Å²) in [6.07, 6.45) is 4.78. The maximum absolute atomic E-state index is 9.10. The fourth-order valence-electron chi connectivity index (χ4n) is 1.77. The molecule has 0 spiro atoms. The van der Waals surface area contributed by atoms with Crippen LogP contribution in [-0.4, -0.2) is 27.5 Å². The molecule has 1 aromatic carbocycles. The molecule has 0 saturated heterocycles. The van der Waals surface area contributed by atoms with E-state index in [0.29, 0.717) is 0 Å². The molecule has 0 fully saturated rings. The highest BCUT2D eigenvalue weighted by molar-refractivity contribution is 5.30. The number of aromatic nitrogens is 2. The molecule has 0 aliphatic carbocycles. The van der Waals surface area contributed by atoms with Gasteiger partial charge in [0.05, 0.1) is 18.5 Å². The van der Waals surface area contributed by atoms with Gasteiger partial charge >= 0.3 is 0 Å². The first kappa shape index (κ1) is 12.8. The van der Waals surface area contributed by atoms with Crippen LogP contribution in [-0.2, 0) is 6.54 Å². The molecule has 0 aliphatic heterocycles. The van der Waals surface area contributed by atoms with E-state index >= 15 is 0 Å². The number of nitrogens with zero attached hydrogens (tertiary/aromatic N) is 2. The first-order valence-corrected chi connectivity index (χ1v) is 6.26. The van der Waals surface area contributed by atoms with E-state index in [1.807, 2.05) is 47.4 Å². The van der Waals surface area contributed by atoms with E-state index in [9.17, 15) is 0 Å². The average Bonchev–Trinajstić information content (AvgIpc) is 2.90. The molecule has 1 atom stereocenters. The number of nitrogens with one attached hydrogen (secondary N) is 1. The van der Waals surface area contributed by atoms with E-state index in [0.717, 1.165) is 24.2 Å². The Morgan fingerprint density at radius 2 is 2.11 bits per heavy atom. The summed E-state index contributed by atoms with van der Waals surface area (Å²) >= 11 is 0. The Bertz CT molecular complexity index is 463. The lowest BCUT2D eigenvalue weighted by atomic mass is 10.2. The number of benzene rings is 1. The highest BCUT2D eigenvalue weighted by Crippen LogP contribution is 2.07. The van der Waals surface area contributed by atoms with Gasteiger partial charge in [-0.3, -0.25) is 0 Å². The normalized spacial score (nSPS) is 12.6. The van der Waals surface area contributed by atoms with Crippen LogP contribution in [0.1, 0.15) is 18.9 Å². The Hall–Kier alpha value is -1.65. The van der Waals surface area contributed by atoms with Gasteiger partial charge in [-0.15, -0.1) is 0 Å². The predicted molar refractivity (Wildman–Crippen MR) is 71.6 cm³/mol. The van der Waals surface area contributed by atoms with Gasteiger partial charge in [0, 0.05) is 24.3 Å². The van der Waals surface area contributed by atoms with Crippen LogP contribution in [0.3, 0.4) is 0 Å². The van der Waals surface area contributed by atoms with Crippen LogP contribution in [0.25, 0.3) is 5.69 Å². The van der Waals surface area contributed by atoms with Crippen molar-refractivity contribution in [1.82, 2.24) is 15.1 Å². The molecule has 2 N–H and O–H groups in total. The molecular formula is C14H19N3O. The Morgan fingerprint density at radius 1 is 1.33 bits per heavy atom. The average molecular weight is 245 g/mol. The van der Waals surface area contributed by atoms with Gasteiger partial charge in [0.2, 0.25) is 0 Å². The van der Waals surface area contributed by atoms with Gasteiger partial charge < -0.3 is 10.4 Å². The Kier molecular flexibility index (Phi) is 4.50. The molecule has 1 aromatic heterocycles. The molecule has 0 amide bonds. The first-order chi connectivity index (χ1) is 8.83. The Morgan fingerprint density at radius 3 is 2.78 bits per heavy atom. The maximum atomic E-state index is 9.10. The summed E-state index contributed by atoms with van der Waals surface area (Å²) in [5.74, 6) is 0. The molecule has 0 aliphatic rings. The second kappa shape index (κ2) is 6.33. The lowest BCUT2D eigenvalue weighted by molar-refractivity contribution is 0.238. The molecule has 4 nitrogen and oxygen atoms in total. The van der Waals surface area contributed by atoms with Crippen molar-refractivity contribution in [3.8, 4) is 5.69 Å². The Balaban J connectivity index is 1.98. The fraction of sp³-hybridized carbons (Fsp3) is 0.357. The monoisotopic (exact) mass is 245 g/mol. The maximum Gasteiger partial charge on any atom is 0.0645 e. The van der Waals surface area contributed by atoms with Crippen molar-refractivity contribution in [1.29, 1.82) is 0 Å². The number of hydrogen-bond donors (Lipinski definition) is 2. The summed E-state index contributed by atoms with van der Waals surface area (Å²) in [6.45, 7) is 2.95. The number of para-hydroxylation sites is 1. The molecule has 0 saturated carbocycles. The molecular weight excluding hydrogens is 226 g/mol. The van der Waals surface area contributed by atoms with Crippen molar-refractivity contribution in [2.75, 3.05) is 6.61 Å². The SMILES string of the molecule is CC[C@@H](CO)NCc1cnn(-c2ccccc2)c1. The largest absolute Gasteiger partial charge is 0.395 e. The van der Waals surface area contributed by atoms with Gasteiger partial charge in [-0.1, -0.05) is 25.1 Å². The van der Waals surface area contributed by atoms with Crippen LogP contribution >= 0.6 is 0 Å². The summed E-state index contributed by atoms with van der Waals surface area (Å²) in [6, 6.07) is 10.2. The van der Waals surface area contributed by atoms with Crippen molar-refractivity contribution < 1.29 is 5.11 Å². The quantitative estimate of drug-likeness (QED) is 0.815. The zero-order valence-electron chi connectivity index (χ0n) is 10.6. The van der Waals surface area contributed by atoms with E-state index in [-0.39, 0.29) is 12.6 Å². The molecule has 18 heavy (non-hydrogen) atoms. The molecule has 0 radical (unpaired) electrons. The van der Waals surface area contributed by atoms with Crippen molar-refractivity contribution in [2.24, 2.45) is 0 Å². The van der Waals surface area contributed by atoms with Crippen LogP contribution < -0.4 is 5.32 Å². The third-order valence-corrected chi connectivity index (χ3v) is 2.96. The molecule has 2 aromatic rings. The van der Waals surface area contributed by atoms with E-state index in [4.69, 9.17) is 5.11 Å². The van der Waals surface area contributed by atoms with Crippen molar-refractivity contribution in [2.45, 2.75) is 25.9 Å². The second-order valence-electron chi connectivity index (χ2n) is 4.30. The lowest BCUT2D eigenvalue weighted by Gasteiger charge is -2.12. The Labute approximate surface area is 107 Å². The zero-order valence-corrected chi connectivity index (χ0v) is 10.6. The summed E-state index contributed by atoms with van der Waals surface area (Å²) in [5, 5.41) is 16.7. The van der Waals surface area contributed by atoms with Gasteiger partial charge in [0.15, 0.2) is 0 Å². The summed E-state index contributed by atoms with van der Waals surface area (Å²) in [7, 11) is 0. The van der Waals surface area contributed by atoms with Gasteiger partial charge in [-0.25, -0.2) is 4.68 Å². The minimum Gasteiger partial charge on any atom is -0.395 e.